The molecule has 0 aromatic heterocycles. The van der Waals surface area contributed by atoms with E-state index in [0.29, 0.717) is 10.4 Å². The molecule has 0 spiro atoms. The first-order chi connectivity index (χ1) is 3.72. The van der Waals surface area contributed by atoms with Gasteiger partial charge >= 0.3 is 0 Å². The molecule has 0 N–H and O–H groups in total. The Hall–Kier alpha value is 0.800. The standard InChI is InChI=1S/C5H7BrCl2/c1-2-4(7)5(8)3-6/h2-3H2,1H3. The van der Waals surface area contributed by atoms with Gasteiger partial charge in [-0.15, -0.1) is 0 Å². The number of hydrogen-bond donors (Lipinski definition) is 0. The molecule has 0 saturated carbocycles. The van der Waals surface area contributed by atoms with Crippen LogP contribution in [0, 0.1) is 0 Å². The second kappa shape index (κ2) is 4.66. The Morgan fingerprint density at radius 2 is 1.88 bits per heavy atom. The maximum Gasteiger partial charge on any atom is 0.0431 e. The average molecular weight is 218 g/mol. The van der Waals surface area contributed by atoms with Gasteiger partial charge in [-0.3, -0.25) is 0 Å². The van der Waals surface area contributed by atoms with Crippen molar-refractivity contribution in [3.8, 4) is 0 Å². The molecule has 0 fully saturated rings. The molecule has 0 nitrogen and oxygen atoms in total. The van der Waals surface area contributed by atoms with Crippen molar-refractivity contribution in [1.82, 2.24) is 0 Å². The summed E-state index contributed by atoms with van der Waals surface area (Å²) in [5, 5.41) is 2.10. The Bertz CT molecular complexity index is 86.6. The minimum atomic E-state index is 0.654. The van der Waals surface area contributed by atoms with Crippen LogP contribution in [0.5, 0.6) is 0 Å². The largest absolute Gasteiger partial charge is 0.0879 e. The van der Waals surface area contributed by atoms with Gasteiger partial charge in [0.25, 0.3) is 0 Å². The molecule has 0 aliphatic heterocycles. The van der Waals surface area contributed by atoms with Gasteiger partial charge in [0.05, 0.1) is 0 Å². The van der Waals surface area contributed by atoms with Gasteiger partial charge in [0, 0.05) is 15.4 Å². The second-order valence-electron chi connectivity index (χ2n) is 1.30. The number of hydrogen-bond acceptors (Lipinski definition) is 0. The summed E-state index contributed by atoms with van der Waals surface area (Å²) in [6, 6.07) is 0. The van der Waals surface area contributed by atoms with Crippen molar-refractivity contribution in [1.29, 1.82) is 0 Å². The molecule has 0 aliphatic carbocycles. The second-order valence-corrected chi connectivity index (χ2v) is 2.77. The Morgan fingerprint density at radius 3 is 2.00 bits per heavy atom. The summed E-state index contributed by atoms with van der Waals surface area (Å²) < 4.78 is 0. The zero-order valence-corrected chi connectivity index (χ0v) is 7.65. The van der Waals surface area contributed by atoms with E-state index in [0.717, 1.165) is 11.5 Å². The van der Waals surface area contributed by atoms with Crippen LogP contribution >= 0.6 is 39.1 Å². The molecule has 0 rings (SSSR count). The topological polar surface area (TPSA) is 0 Å². The first-order valence-electron chi connectivity index (χ1n) is 2.31. The van der Waals surface area contributed by atoms with Crippen LogP contribution in [0.1, 0.15) is 13.3 Å². The molecule has 0 heterocycles. The SMILES string of the molecule is CCC(Cl)=C(Cl)CBr. The summed E-state index contributed by atoms with van der Waals surface area (Å²) >= 11 is 14.4. The third-order valence-corrected chi connectivity index (χ3v) is 2.56. The Morgan fingerprint density at radius 1 is 1.38 bits per heavy atom. The third-order valence-electron chi connectivity index (χ3n) is 0.722. The minimum absolute atomic E-state index is 0.654. The molecule has 48 valence electrons. The van der Waals surface area contributed by atoms with Crippen molar-refractivity contribution in [3.05, 3.63) is 10.1 Å². The zero-order valence-electron chi connectivity index (χ0n) is 4.55. The molecule has 8 heavy (non-hydrogen) atoms. The smallest absolute Gasteiger partial charge is 0.0431 e. The molecule has 0 aromatic carbocycles. The lowest BCUT2D eigenvalue weighted by Crippen LogP contribution is -1.75. The lowest BCUT2D eigenvalue weighted by Gasteiger charge is -1.93. The van der Waals surface area contributed by atoms with Crippen LogP contribution in [0.4, 0.5) is 0 Å². The van der Waals surface area contributed by atoms with Gasteiger partial charge in [-0.25, -0.2) is 0 Å². The third kappa shape index (κ3) is 2.95. The summed E-state index contributed by atoms with van der Waals surface area (Å²) in [5.74, 6) is 0. The molecular formula is C5H7BrCl2. The summed E-state index contributed by atoms with van der Waals surface area (Å²) in [6.45, 7) is 1.97. The molecule has 0 radical (unpaired) electrons. The molecule has 0 saturated heterocycles. The molecule has 0 unspecified atom stereocenters. The Labute approximate surface area is 68.0 Å². The van der Waals surface area contributed by atoms with E-state index >= 15 is 0 Å². The van der Waals surface area contributed by atoms with Crippen LogP contribution in [0.2, 0.25) is 0 Å². The molecular weight excluding hydrogens is 211 g/mol. The fraction of sp³-hybridized carbons (Fsp3) is 0.600. The quantitative estimate of drug-likeness (QED) is 0.622. The van der Waals surface area contributed by atoms with E-state index < -0.39 is 0 Å². The highest BCUT2D eigenvalue weighted by atomic mass is 79.9. The van der Waals surface area contributed by atoms with Gasteiger partial charge in [-0.05, 0) is 6.42 Å². The van der Waals surface area contributed by atoms with Gasteiger partial charge < -0.3 is 0 Å². The van der Waals surface area contributed by atoms with E-state index in [4.69, 9.17) is 23.2 Å². The predicted molar refractivity (Wildman–Crippen MR) is 42.8 cm³/mol. The minimum Gasteiger partial charge on any atom is -0.0879 e. The van der Waals surface area contributed by atoms with Gasteiger partial charge in [0.2, 0.25) is 0 Å². The molecule has 0 amide bonds. The van der Waals surface area contributed by atoms with Gasteiger partial charge in [-0.2, -0.15) is 0 Å². The summed E-state index contributed by atoms with van der Waals surface area (Å²) in [6.07, 6.45) is 0.811. The zero-order chi connectivity index (χ0) is 6.57. The summed E-state index contributed by atoms with van der Waals surface area (Å²) in [4.78, 5) is 0. The van der Waals surface area contributed by atoms with Crippen molar-refractivity contribution in [3.63, 3.8) is 0 Å². The molecule has 3 heteroatoms. The molecule has 0 aromatic rings. The monoisotopic (exact) mass is 216 g/mol. The van der Waals surface area contributed by atoms with E-state index in [1.807, 2.05) is 6.92 Å². The van der Waals surface area contributed by atoms with Crippen LogP contribution < -0.4 is 0 Å². The first kappa shape index (κ1) is 8.80. The van der Waals surface area contributed by atoms with Crippen molar-refractivity contribution >= 4 is 39.1 Å². The van der Waals surface area contributed by atoms with E-state index in [2.05, 4.69) is 15.9 Å². The molecule has 0 aliphatic rings. The molecule has 0 atom stereocenters. The van der Waals surface area contributed by atoms with Crippen LogP contribution in [-0.4, -0.2) is 5.33 Å². The summed E-state index contributed by atoms with van der Waals surface area (Å²) in [5.41, 5.74) is 0. The maximum absolute atomic E-state index is 5.63. The fourth-order valence-corrected chi connectivity index (χ4v) is 0.965. The number of rotatable bonds is 2. The highest BCUT2D eigenvalue weighted by molar-refractivity contribution is 9.09. The van der Waals surface area contributed by atoms with Crippen molar-refractivity contribution < 1.29 is 0 Å². The van der Waals surface area contributed by atoms with Gasteiger partial charge in [-0.1, -0.05) is 46.1 Å². The van der Waals surface area contributed by atoms with Gasteiger partial charge in [0.1, 0.15) is 0 Å². The predicted octanol–water partition coefficient (Wildman–Crippen LogP) is 3.48. The van der Waals surface area contributed by atoms with Crippen molar-refractivity contribution in [2.75, 3.05) is 5.33 Å². The number of alkyl halides is 1. The number of allylic oxidation sites excluding steroid dienone is 2. The normalized spacial score (nSPS) is 13.5. The van der Waals surface area contributed by atoms with Crippen LogP contribution in [0.15, 0.2) is 10.1 Å². The number of halogens is 3. The van der Waals surface area contributed by atoms with Crippen LogP contribution in [-0.2, 0) is 0 Å². The molecule has 0 bridgehead atoms. The van der Waals surface area contributed by atoms with Crippen molar-refractivity contribution in [2.45, 2.75) is 13.3 Å². The first-order valence-corrected chi connectivity index (χ1v) is 4.19. The summed E-state index contributed by atoms with van der Waals surface area (Å²) in [7, 11) is 0. The van der Waals surface area contributed by atoms with Crippen molar-refractivity contribution in [2.24, 2.45) is 0 Å². The average Bonchev–Trinajstić information content (AvgIpc) is 1.84. The van der Waals surface area contributed by atoms with Crippen LogP contribution in [0.25, 0.3) is 0 Å². The highest BCUT2D eigenvalue weighted by Crippen LogP contribution is 2.18. The van der Waals surface area contributed by atoms with E-state index in [9.17, 15) is 0 Å². The van der Waals surface area contributed by atoms with E-state index in [-0.39, 0.29) is 0 Å². The fourth-order valence-electron chi connectivity index (χ4n) is 0.264. The Kier molecular flexibility index (Phi) is 5.12. The van der Waals surface area contributed by atoms with E-state index in [1.165, 1.54) is 0 Å². The van der Waals surface area contributed by atoms with Crippen LogP contribution in [0.3, 0.4) is 0 Å². The lowest BCUT2D eigenvalue weighted by molar-refractivity contribution is 1.18. The van der Waals surface area contributed by atoms with Gasteiger partial charge in [0.15, 0.2) is 0 Å². The maximum atomic E-state index is 5.63. The highest BCUT2D eigenvalue weighted by Gasteiger charge is 1.94. The Balaban J connectivity index is 3.83. The lowest BCUT2D eigenvalue weighted by atomic mass is 10.4. The van der Waals surface area contributed by atoms with E-state index in [1.54, 1.807) is 0 Å².